The molecule has 0 atom stereocenters. The number of hydrogen-bond acceptors (Lipinski definition) is 3. The van der Waals surface area contributed by atoms with Gasteiger partial charge in [0.25, 0.3) is 5.69 Å². The summed E-state index contributed by atoms with van der Waals surface area (Å²) < 4.78 is 0. The molecule has 0 bridgehead atoms. The molecule has 0 spiro atoms. The van der Waals surface area contributed by atoms with E-state index in [1.807, 2.05) is 30.3 Å². The second-order valence-corrected chi connectivity index (χ2v) is 4.25. The number of para-hydroxylation sites is 1. The normalized spacial score (nSPS) is 10.2. The zero-order chi connectivity index (χ0) is 12.3. The topological polar surface area (TPSA) is 43.1 Å². The van der Waals surface area contributed by atoms with Crippen molar-refractivity contribution in [1.29, 1.82) is 0 Å². The number of benzene rings is 2. The molecular weight excluding hydrogens is 234 g/mol. The van der Waals surface area contributed by atoms with Gasteiger partial charge in [-0.15, -0.1) is 12.6 Å². The zero-order valence-corrected chi connectivity index (χ0v) is 9.93. The minimum absolute atomic E-state index is 0.164. The highest BCUT2D eigenvalue weighted by molar-refractivity contribution is 7.80. The van der Waals surface area contributed by atoms with Gasteiger partial charge >= 0.3 is 0 Å². The third-order valence-corrected chi connectivity index (χ3v) is 2.77. The largest absolute Gasteiger partial charge is 0.272 e. The van der Waals surface area contributed by atoms with Crippen molar-refractivity contribution in [3.8, 4) is 0 Å². The molecule has 0 radical (unpaired) electrons. The Balaban J connectivity index is 2.33. The van der Waals surface area contributed by atoms with E-state index in [2.05, 4.69) is 12.6 Å². The summed E-state index contributed by atoms with van der Waals surface area (Å²) in [4.78, 5) is 11.4. The van der Waals surface area contributed by atoms with E-state index in [9.17, 15) is 10.1 Å². The van der Waals surface area contributed by atoms with Crippen LogP contribution in [0.4, 0.5) is 5.69 Å². The van der Waals surface area contributed by atoms with Crippen LogP contribution in [-0.2, 0) is 6.42 Å². The predicted octanol–water partition coefficient (Wildman–Crippen LogP) is 3.47. The van der Waals surface area contributed by atoms with E-state index in [0.29, 0.717) is 6.42 Å². The van der Waals surface area contributed by atoms with E-state index in [1.165, 1.54) is 6.07 Å². The lowest BCUT2D eigenvalue weighted by Crippen LogP contribution is -1.96. The lowest BCUT2D eigenvalue weighted by molar-refractivity contribution is -0.385. The molecule has 0 aliphatic heterocycles. The summed E-state index contributed by atoms with van der Waals surface area (Å²) in [6.07, 6.45) is 0.547. The first-order valence-electron chi connectivity index (χ1n) is 5.17. The van der Waals surface area contributed by atoms with Crippen molar-refractivity contribution < 1.29 is 4.92 Å². The molecule has 3 nitrogen and oxygen atoms in total. The number of nitro groups is 1. The zero-order valence-electron chi connectivity index (χ0n) is 9.04. The molecule has 0 saturated heterocycles. The van der Waals surface area contributed by atoms with Crippen LogP contribution in [0.15, 0.2) is 53.4 Å². The molecule has 0 saturated carbocycles. The Kier molecular flexibility index (Phi) is 3.44. The molecule has 0 N–H and O–H groups in total. The van der Waals surface area contributed by atoms with Crippen LogP contribution in [0.2, 0.25) is 0 Å². The van der Waals surface area contributed by atoms with Gasteiger partial charge in [0.15, 0.2) is 0 Å². The summed E-state index contributed by atoms with van der Waals surface area (Å²) in [5, 5.41) is 10.9. The SMILES string of the molecule is O=[N+]([O-])c1ccccc1Cc1cccc(S)c1. The fraction of sp³-hybridized carbons (Fsp3) is 0.0769. The van der Waals surface area contributed by atoms with Crippen molar-refractivity contribution in [2.75, 3.05) is 0 Å². The van der Waals surface area contributed by atoms with Crippen LogP contribution in [0.3, 0.4) is 0 Å². The van der Waals surface area contributed by atoms with Crippen molar-refractivity contribution in [3.63, 3.8) is 0 Å². The minimum atomic E-state index is -0.347. The average molecular weight is 245 g/mol. The van der Waals surface area contributed by atoms with E-state index in [4.69, 9.17) is 0 Å². The van der Waals surface area contributed by atoms with Gasteiger partial charge in [0.2, 0.25) is 0 Å². The molecule has 0 amide bonds. The van der Waals surface area contributed by atoms with Crippen LogP contribution in [0, 0.1) is 10.1 Å². The van der Waals surface area contributed by atoms with Crippen LogP contribution in [0.25, 0.3) is 0 Å². The van der Waals surface area contributed by atoms with Gasteiger partial charge in [-0.1, -0.05) is 30.3 Å². The highest BCUT2D eigenvalue weighted by Crippen LogP contribution is 2.21. The van der Waals surface area contributed by atoms with Crippen molar-refractivity contribution >= 4 is 18.3 Å². The third kappa shape index (κ3) is 2.85. The number of rotatable bonds is 3. The van der Waals surface area contributed by atoms with Gasteiger partial charge < -0.3 is 0 Å². The van der Waals surface area contributed by atoms with Gasteiger partial charge in [0, 0.05) is 22.9 Å². The molecule has 0 aromatic heterocycles. The summed E-state index contributed by atoms with van der Waals surface area (Å²) in [6.45, 7) is 0. The van der Waals surface area contributed by atoms with Gasteiger partial charge in [-0.05, 0) is 17.7 Å². The lowest BCUT2D eigenvalue weighted by Gasteiger charge is -2.03. The molecule has 4 heteroatoms. The van der Waals surface area contributed by atoms with Gasteiger partial charge in [-0.3, -0.25) is 10.1 Å². The Morgan fingerprint density at radius 2 is 1.88 bits per heavy atom. The average Bonchev–Trinajstić information content (AvgIpc) is 2.29. The molecular formula is C13H11NO2S. The minimum Gasteiger partial charge on any atom is -0.258 e. The first-order chi connectivity index (χ1) is 8.16. The maximum absolute atomic E-state index is 10.9. The van der Waals surface area contributed by atoms with Gasteiger partial charge in [0.1, 0.15) is 0 Å². The lowest BCUT2D eigenvalue weighted by atomic mass is 10.0. The number of thiol groups is 1. The molecule has 86 valence electrons. The first kappa shape index (κ1) is 11.7. The van der Waals surface area contributed by atoms with Crippen LogP contribution in [-0.4, -0.2) is 4.92 Å². The summed E-state index contributed by atoms with van der Waals surface area (Å²) >= 11 is 4.25. The van der Waals surface area contributed by atoms with E-state index in [1.54, 1.807) is 12.1 Å². The van der Waals surface area contributed by atoms with Crippen LogP contribution in [0.5, 0.6) is 0 Å². The van der Waals surface area contributed by atoms with Crippen LogP contribution >= 0.6 is 12.6 Å². The second kappa shape index (κ2) is 5.01. The Morgan fingerprint density at radius 1 is 1.12 bits per heavy atom. The molecule has 17 heavy (non-hydrogen) atoms. The molecule has 0 aliphatic carbocycles. The van der Waals surface area contributed by atoms with Crippen molar-refractivity contribution in [2.45, 2.75) is 11.3 Å². The summed E-state index contributed by atoms with van der Waals surface area (Å²) in [5.74, 6) is 0. The first-order valence-corrected chi connectivity index (χ1v) is 5.62. The predicted molar refractivity (Wildman–Crippen MR) is 69.6 cm³/mol. The highest BCUT2D eigenvalue weighted by Gasteiger charge is 2.12. The van der Waals surface area contributed by atoms with Gasteiger partial charge in [-0.25, -0.2) is 0 Å². The number of hydrogen-bond donors (Lipinski definition) is 1. The third-order valence-electron chi connectivity index (χ3n) is 2.49. The molecule has 2 aromatic rings. The Labute approximate surface area is 105 Å². The fourth-order valence-electron chi connectivity index (χ4n) is 1.72. The Bertz CT molecular complexity index is 555. The standard InChI is InChI=1S/C13H11NO2S/c15-14(16)13-7-2-1-5-11(13)8-10-4-3-6-12(17)9-10/h1-7,9,17H,8H2. The van der Waals surface area contributed by atoms with Crippen molar-refractivity contribution in [1.82, 2.24) is 0 Å². The van der Waals surface area contributed by atoms with Gasteiger partial charge in [-0.2, -0.15) is 0 Å². The van der Waals surface area contributed by atoms with Crippen molar-refractivity contribution in [2.24, 2.45) is 0 Å². The summed E-state index contributed by atoms with van der Waals surface area (Å²) in [7, 11) is 0. The van der Waals surface area contributed by atoms with Gasteiger partial charge in [0.05, 0.1) is 4.92 Å². The number of nitro benzene ring substituents is 1. The molecule has 2 rings (SSSR count). The number of nitrogens with zero attached hydrogens (tertiary/aromatic N) is 1. The molecule has 0 aliphatic rings. The molecule has 2 aromatic carbocycles. The fourth-order valence-corrected chi connectivity index (χ4v) is 1.98. The van der Waals surface area contributed by atoms with E-state index in [-0.39, 0.29) is 10.6 Å². The van der Waals surface area contributed by atoms with Crippen LogP contribution in [0.1, 0.15) is 11.1 Å². The summed E-state index contributed by atoms with van der Waals surface area (Å²) in [5.41, 5.74) is 1.90. The van der Waals surface area contributed by atoms with E-state index >= 15 is 0 Å². The molecule has 0 fully saturated rings. The van der Waals surface area contributed by atoms with E-state index < -0.39 is 0 Å². The molecule has 0 heterocycles. The van der Waals surface area contributed by atoms with Crippen molar-refractivity contribution in [3.05, 3.63) is 69.8 Å². The van der Waals surface area contributed by atoms with Crippen LogP contribution < -0.4 is 0 Å². The maximum Gasteiger partial charge on any atom is 0.272 e. The monoisotopic (exact) mass is 245 g/mol. The second-order valence-electron chi connectivity index (χ2n) is 3.73. The maximum atomic E-state index is 10.9. The summed E-state index contributed by atoms with van der Waals surface area (Å²) in [6, 6.07) is 14.4. The Morgan fingerprint density at radius 3 is 2.59 bits per heavy atom. The van der Waals surface area contributed by atoms with E-state index in [0.717, 1.165) is 16.0 Å². The Hall–Kier alpha value is -1.81. The molecule has 0 unspecified atom stereocenters. The highest BCUT2D eigenvalue weighted by atomic mass is 32.1. The smallest absolute Gasteiger partial charge is 0.258 e. The quantitative estimate of drug-likeness (QED) is 0.511.